The average Bonchev–Trinajstić information content (AvgIpc) is 1.99. The van der Waals surface area contributed by atoms with Gasteiger partial charge in [-0.2, -0.15) is 0 Å². The SMILES string of the molecule is O=CO.OC1CCC(O)C(O)C1. The van der Waals surface area contributed by atoms with Crippen molar-refractivity contribution >= 4 is 6.47 Å². The molecule has 0 spiro atoms. The quantitative estimate of drug-likeness (QED) is 0.355. The van der Waals surface area contributed by atoms with Crippen LogP contribution in [0.5, 0.6) is 0 Å². The van der Waals surface area contributed by atoms with Crippen LogP contribution in [-0.2, 0) is 4.79 Å². The highest BCUT2D eigenvalue weighted by atomic mass is 16.3. The minimum Gasteiger partial charge on any atom is -0.483 e. The van der Waals surface area contributed by atoms with Gasteiger partial charge in [-0.25, -0.2) is 0 Å². The number of carboxylic acid groups (broad SMARTS) is 1. The lowest BCUT2D eigenvalue weighted by Gasteiger charge is -2.26. The van der Waals surface area contributed by atoms with Crippen LogP contribution in [0.15, 0.2) is 0 Å². The Bertz CT molecular complexity index is 127. The Morgan fingerprint density at radius 1 is 1.08 bits per heavy atom. The molecule has 1 rings (SSSR count). The van der Waals surface area contributed by atoms with Crippen LogP contribution in [-0.4, -0.2) is 45.2 Å². The van der Waals surface area contributed by atoms with Gasteiger partial charge < -0.3 is 20.4 Å². The van der Waals surface area contributed by atoms with Crippen LogP contribution in [0.25, 0.3) is 0 Å². The number of aliphatic hydroxyl groups is 3. The summed E-state index contributed by atoms with van der Waals surface area (Å²) in [6.45, 7) is -0.250. The highest BCUT2D eigenvalue weighted by Crippen LogP contribution is 2.18. The number of rotatable bonds is 0. The van der Waals surface area contributed by atoms with Crippen LogP contribution in [0.1, 0.15) is 19.3 Å². The molecule has 4 N–H and O–H groups in total. The van der Waals surface area contributed by atoms with E-state index in [1.54, 1.807) is 0 Å². The summed E-state index contributed by atoms with van der Waals surface area (Å²) in [5.74, 6) is 0. The van der Waals surface area contributed by atoms with Crippen molar-refractivity contribution in [3.63, 3.8) is 0 Å². The molecule has 3 unspecified atom stereocenters. The molecule has 1 fully saturated rings. The van der Waals surface area contributed by atoms with E-state index < -0.39 is 18.3 Å². The average molecular weight is 178 g/mol. The van der Waals surface area contributed by atoms with E-state index in [-0.39, 0.29) is 6.47 Å². The van der Waals surface area contributed by atoms with Crippen molar-refractivity contribution in [2.45, 2.75) is 37.6 Å². The third-order valence-electron chi connectivity index (χ3n) is 1.75. The van der Waals surface area contributed by atoms with Crippen LogP contribution in [0.2, 0.25) is 0 Å². The van der Waals surface area contributed by atoms with E-state index in [1.165, 1.54) is 0 Å². The second-order valence-corrected chi connectivity index (χ2v) is 2.71. The maximum absolute atomic E-state index is 8.94. The molecule has 0 aromatic heterocycles. The Hall–Kier alpha value is -0.650. The Kier molecular flexibility index (Phi) is 5.61. The van der Waals surface area contributed by atoms with E-state index in [1.807, 2.05) is 0 Å². The molecule has 5 heteroatoms. The molecule has 0 saturated heterocycles. The number of hydrogen-bond donors (Lipinski definition) is 4. The van der Waals surface area contributed by atoms with Crippen molar-refractivity contribution in [3.8, 4) is 0 Å². The van der Waals surface area contributed by atoms with E-state index in [0.717, 1.165) is 0 Å². The second-order valence-electron chi connectivity index (χ2n) is 2.71. The molecule has 0 aliphatic heterocycles. The lowest BCUT2D eigenvalue weighted by atomic mass is 9.93. The fourth-order valence-electron chi connectivity index (χ4n) is 1.11. The molecule has 0 heterocycles. The van der Waals surface area contributed by atoms with Gasteiger partial charge in [0.25, 0.3) is 6.47 Å². The maximum Gasteiger partial charge on any atom is 0.290 e. The largest absolute Gasteiger partial charge is 0.483 e. The summed E-state index contributed by atoms with van der Waals surface area (Å²) in [4.78, 5) is 8.36. The minimum atomic E-state index is -0.714. The van der Waals surface area contributed by atoms with E-state index in [4.69, 9.17) is 25.2 Å². The van der Waals surface area contributed by atoms with Gasteiger partial charge in [-0.1, -0.05) is 0 Å². The molecule has 5 nitrogen and oxygen atoms in total. The predicted molar refractivity (Wildman–Crippen MR) is 40.6 cm³/mol. The van der Waals surface area contributed by atoms with Crippen molar-refractivity contribution in [3.05, 3.63) is 0 Å². The standard InChI is InChI=1S/C6H12O3.CH2O2/c7-4-1-2-5(8)6(9)3-4;2-1-3/h4-9H,1-3H2;1H,(H,2,3). The first-order valence-corrected chi connectivity index (χ1v) is 3.73. The highest BCUT2D eigenvalue weighted by Gasteiger charge is 2.25. The molecule has 1 aliphatic rings. The molecule has 0 radical (unpaired) electrons. The van der Waals surface area contributed by atoms with Crippen LogP contribution in [0.3, 0.4) is 0 Å². The maximum atomic E-state index is 8.94. The monoisotopic (exact) mass is 178 g/mol. The van der Waals surface area contributed by atoms with Crippen molar-refractivity contribution in [2.75, 3.05) is 0 Å². The number of aliphatic hydroxyl groups excluding tert-OH is 3. The molecule has 12 heavy (non-hydrogen) atoms. The van der Waals surface area contributed by atoms with Gasteiger partial charge in [0.15, 0.2) is 0 Å². The first-order chi connectivity index (χ1) is 5.61. The van der Waals surface area contributed by atoms with E-state index in [9.17, 15) is 0 Å². The van der Waals surface area contributed by atoms with Crippen molar-refractivity contribution in [1.82, 2.24) is 0 Å². The molecule has 72 valence electrons. The van der Waals surface area contributed by atoms with Gasteiger partial charge in [0.2, 0.25) is 0 Å². The van der Waals surface area contributed by atoms with Gasteiger partial charge in [-0.15, -0.1) is 0 Å². The lowest BCUT2D eigenvalue weighted by molar-refractivity contribution is -0.122. The Balaban J connectivity index is 0.000000354. The van der Waals surface area contributed by atoms with Crippen LogP contribution in [0.4, 0.5) is 0 Å². The Labute approximate surface area is 70.3 Å². The van der Waals surface area contributed by atoms with Gasteiger partial charge in [-0.05, 0) is 12.8 Å². The molecule has 0 aromatic carbocycles. The first kappa shape index (κ1) is 11.4. The topological polar surface area (TPSA) is 98.0 Å². The van der Waals surface area contributed by atoms with E-state index >= 15 is 0 Å². The summed E-state index contributed by atoms with van der Waals surface area (Å²) in [5, 5.41) is 33.7. The summed E-state index contributed by atoms with van der Waals surface area (Å²) in [5.41, 5.74) is 0. The normalized spacial score (nSPS) is 34.8. The number of carbonyl (C=O) groups is 1. The minimum absolute atomic E-state index is 0.250. The van der Waals surface area contributed by atoms with Crippen molar-refractivity contribution in [1.29, 1.82) is 0 Å². The molecule has 3 atom stereocenters. The molecule has 1 saturated carbocycles. The summed E-state index contributed by atoms with van der Waals surface area (Å²) in [6, 6.07) is 0. The molecule has 0 aromatic rings. The Morgan fingerprint density at radius 2 is 1.58 bits per heavy atom. The van der Waals surface area contributed by atoms with Crippen LogP contribution in [0, 0.1) is 0 Å². The Morgan fingerprint density at radius 3 is 1.92 bits per heavy atom. The van der Waals surface area contributed by atoms with Gasteiger partial charge in [0.05, 0.1) is 18.3 Å². The zero-order chi connectivity index (χ0) is 9.56. The van der Waals surface area contributed by atoms with Crippen LogP contribution < -0.4 is 0 Å². The number of hydrogen-bond acceptors (Lipinski definition) is 4. The highest BCUT2D eigenvalue weighted by molar-refractivity contribution is 5.32. The third kappa shape index (κ3) is 4.27. The van der Waals surface area contributed by atoms with E-state index in [2.05, 4.69) is 0 Å². The van der Waals surface area contributed by atoms with Gasteiger partial charge in [-0.3, -0.25) is 4.79 Å². The zero-order valence-corrected chi connectivity index (χ0v) is 6.63. The van der Waals surface area contributed by atoms with E-state index in [0.29, 0.717) is 19.3 Å². The smallest absolute Gasteiger partial charge is 0.290 e. The van der Waals surface area contributed by atoms with Gasteiger partial charge in [0, 0.05) is 6.42 Å². The molecular weight excluding hydrogens is 164 g/mol. The van der Waals surface area contributed by atoms with Crippen molar-refractivity contribution < 1.29 is 25.2 Å². The van der Waals surface area contributed by atoms with Crippen molar-refractivity contribution in [2.24, 2.45) is 0 Å². The van der Waals surface area contributed by atoms with Gasteiger partial charge >= 0.3 is 0 Å². The zero-order valence-electron chi connectivity index (χ0n) is 6.63. The first-order valence-electron chi connectivity index (χ1n) is 3.73. The predicted octanol–water partition coefficient (Wildman–Crippen LogP) is -1.05. The summed E-state index contributed by atoms with van der Waals surface area (Å²) < 4.78 is 0. The lowest BCUT2D eigenvalue weighted by Crippen LogP contribution is -2.35. The van der Waals surface area contributed by atoms with Gasteiger partial charge in [0.1, 0.15) is 0 Å². The molecule has 0 bridgehead atoms. The summed E-state index contributed by atoms with van der Waals surface area (Å²) in [7, 11) is 0. The molecule has 1 aliphatic carbocycles. The molecular formula is C7H14O5. The third-order valence-corrected chi connectivity index (χ3v) is 1.75. The molecule has 0 amide bonds. The summed E-state index contributed by atoms with van der Waals surface area (Å²) in [6.07, 6.45) is -0.299. The summed E-state index contributed by atoms with van der Waals surface area (Å²) >= 11 is 0. The second kappa shape index (κ2) is 5.93. The fraction of sp³-hybridized carbons (Fsp3) is 0.857. The fourth-order valence-corrected chi connectivity index (χ4v) is 1.11. The van der Waals surface area contributed by atoms with Crippen LogP contribution >= 0.6 is 0 Å².